The van der Waals surface area contributed by atoms with E-state index >= 15 is 0 Å². The lowest BCUT2D eigenvalue weighted by atomic mass is 10.2. The summed E-state index contributed by atoms with van der Waals surface area (Å²) < 4.78 is 0. The van der Waals surface area contributed by atoms with Crippen molar-refractivity contribution in [2.45, 2.75) is 6.92 Å². The number of pyridine rings is 1. The summed E-state index contributed by atoms with van der Waals surface area (Å²) in [6.45, 7) is 1.52. The van der Waals surface area contributed by atoms with Gasteiger partial charge in [0.15, 0.2) is 5.43 Å². The highest BCUT2D eigenvalue weighted by molar-refractivity contribution is 6.04. The van der Waals surface area contributed by atoms with Crippen molar-refractivity contribution in [1.29, 1.82) is 0 Å². The standard InChI is InChI=1S/C16H14N2O3/c1-11-8-15(20)14(10-17-11)16(21)18-13-6-2-4-12(9-13)5-3-7-19/h2,4,6,8-10,19H,7H2,1H3,(H,17,20)(H,18,21). The SMILES string of the molecule is Cc1cc(=O)c(C(=O)Nc2cccc(C#CCO)c2)c[nH]1. The molecule has 1 heterocycles. The minimum atomic E-state index is -0.483. The summed E-state index contributed by atoms with van der Waals surface area (Å²) in [7, 11) is 0. The van der Waals surface area contributed by atoms with Gasteiger partial charge in [0.2, 0.25) is 0 Å². The van der Waals surface area contributed by atoms with E-state index in [-0.39, 0.29) is 17.6 Å². The highest BCUT2D eigenvalue weighted by Gasteiger charge is 2.10. The Morgan fingerprint density at radius 1 is 1.38 bits per heavy atom. The normalized spacial score (nSPS) is 9.62. The van der Waals surface area contributed by atoms with E-state index in [4.69, 9.17) is 5.11 Å². The molecule has 0 bridgehead atoms. The molecule has 2 aromatic rings. The van der Waals surface area contributed by atoms with Crippen LogP contribution in [0.15, 0.2) is 41.3 Å². The Bertz CT molecular complexity index is 782. The number of amides is 1. The molecule has 21 heavy (non-hydrogen) atoms. The van der Waals surface area contributed by atoms with E-state index in [2.05, 4.69) is 22.1 Å². The first kappa shape index (κ1) is 14.6. The van der Waals surface area contributed by atoms with E-state index in [0.717, 1.165) is 0 Å². The molecule has 1 aromatic carbocycles. The van der Waals surface area contributed by atoms with Gasteiger partial charge in [-0.1, -0.05) is 17.9 Å². The third-order valence-electron chi connectivity index (χ3n) is 2.73. The fourth-order valence-electron chi connectivity index (χ4n) is 1.77. The molecule has 3 N–H and O–H groups in total. The Morgan fingerprint density at radius 2 is 2.19 bits per heavy atom. The van der Waals surface area contributed by atoms with Crippen molar-refractivity contribution in [2.24, 2.45) is 0 Å². The van der Waals surface area contributed by atoms with Crippen LogP contribution < -0.4 is 10.7 Å². The van der Waals surface area contributed by atoms with Crippen LogP contribution >= 0.6 is 0 Å². The van der Waals surface area contributed by atoms with Gasteiger partial charge in [-0.2, -0.15) is 0 Å². The molecule has 0 spiro atoms. The first-order valence-corrected chi connectivity index (χ1v) is 6.30. The minimum absolute atomic E-state index is 0.0486. The molecule has 0 unspecified atom stereocenters. The number of H-pyrrole nitrogens is 1. The number of rotatable bonds is 2. The molecular formula is C16H14N2O3. The summed E-state index contributed by atoms with van der Waals surface area (Å²) in [5, 5.41) is 11.3. The smallest absolute Gasteiger partial charge is 0.261 e. The number of aromatic nitrogens is 1. The number of nitrogens with one attached hydrogen (secondary N) is 2. The number of aliphatic hydroxyl groups is 1. The van der Waals surface area contributed by atoms with Gasteiger partial charge in [0.25, 0.3) is 5.91 Å². The quantitative estimate of drug-likeness (QED) is 0.726. The highest BCUT2D eigenvalue weighted by atomic mass is 16.2. The Balaban J connectivity index is 2.21. The molecule has 5 nitrogen and oxygen atoms in total. The molecule has 1 aromatic heterocycles. The van der Waals surface area contributed by atoms with Gasteiger partial charge in [-0.05, 0) is 25.1 Å². The van der Waals surface area contributed by atoms with Crippen LogP contribution in [0.2, 0.25) is 0 Å². The molecule has 0 saturated carbocycles. The van der Waals surface area contributed by atoms with Gasteiger partial charge in [-0.25, -0.2) is 0 Å². The van der Waals surface area contributed by atoms with Crippen molar-refractivity contribution in [3.8, 4) is 11.8 Å². The zero-order valence-electron chi connectivity index (χ0n) is 11.4. The first-order valence-electron chi connectivity index (χ1n) is 6.30. The van der Waals surface area contributed by atoms with Crippen LogP contribution in [0.4, 0.5) is 5.69 Å². The predicted octanol–water partition coefficient (Wildman–Crippen LogP) is 1.28. The molecule has 1 amide bonds. The molecule has 0 radical (unpaired) electrons. The maximum atomic E-state index is 12.1. The second-order valence-electron chi connectivity index (χ2n) is 4.39. The fraction of sp³-hybridized carbons (Fsp3) is 0.125. The van der Waals surface area contributed by atoms with Crippen LogP contribution in [-0.2, 0) is 0 Å². The highest BCUT2D eigenvalue weighted by Crippen LogP contribution is 2.10. The number of carbonyl (C=O) groups excluding carboxylic acids is 1. The van der Waals surface area contributed by atoms with E-state index < -0.39 is 5.91 Å². The first-order chi connectivity index (χ1) is 10.1. The minimum Gasteiger partial charge on any atom is -0.384 e. The predicted molar refractivity (Wildman–Crippen MR) is 80.2 cm³/mol. The lowest BCUT2D eigenvalue weighted by Crippen LogP contribution is -2.21. The summed E-state index contributed by atoms with van der Waals surface area (Å²) in [4.78, 5) is 26.6. The molecule has 0 aliphatic carbocycles. The topological polar surface area (TPSA) is 82.2 Å². The molecule has 2 rings (SSSR count). The number of hydrogen-bond donors (Lipinski definition) is 3. The van der Waals surface area contributed by atoms with Crippen molar-refractivity contribution in [3.63, 3.8) is 0 Å². The van der Waals surface area contributed by atoms with Gasteiger partial charge in [-0.15, -0.1) is 0 Å². The van der Waals surface area contributed by atoms with Gasteiger partial charge < -0.3 is 15.4 Å². The molecule has 0 saturated heterocycles. The number of aromatic amines is 1. The second-order valence-corrected chi connectivity index (χ2v) is 4.39. The molecular weight excluding hydrogens is 268 g/mol. The Hall–Kier alpha value is -2.84. The summed E-state index contributed by atoms with van der Waals surface area (Å²) in [6.07, 6.45) is 1.39. The average Bonchev–Trinajstić information content (AvgIpc) is 2.45. The van der Waals surface area contributed by atoms with Gasteiger partial charge in [-0.3, -0.25) is 9.59 Å². The maximum absolute atomic E-state index is 12.1. The largest absolute Gasteiger partial charge is 0.384 e. The zero-order valence-corrected chi connectivity index (χ0v) is 11.4. The monoisotopic (exact) mass is 282 g/mol. The molecule has 0 atom stereocenters. The van der Waals surface area contributed by atoms with Crippen LogP contribution in [0.3, 0.4) is 0 Å². The third kappa shape index (κ3) is 3.81. The summed E-state index contributed by atoms with van der Waals surface area (Å²) in [5.41, 5.74) is 1.61. The number of aryl methyl sites for hydroxylation is 1. The van der Waals surface area contributed by atoms with Gasteiger partial charge in [0, 0.05) is 29.2 Å². The van der Waals surface area contributed by atoms with Crippen LogP contribution in [-0.4, -0.2) is 22.6 Å². The van der Waals surface area contributed by atoms with E-state index in [9.17, 15) is 9.59 Å². The van der Waals surface area contributed by atoms with E-state index in [1.807, 2.05) is 0 Å². The number of hydrogen-bond acceptors (Lipinski definition) is 3. The third-order valence-corrected chi connectivity index (χ3v) is 2.73. The van der Waals surface area contributed by atoms with Crippen molar-refractivity contribution < 1.29 is 9.90 Å². The number of aliphatic hydroxyl groups excluding tert-OH is 1. The number of benzene rings is 1. The van der Waals surface area contributed by atoms with Crippen molar-refractivity contribution in [1.82, 2.24) is 4.98 Å². The van der Waals surface area contributed by atoms with Gasteiger partial charge in [0.1, 0.15) is 12.2 Å². The second kappa shape index (κ2) is 6.55. The Labute approximate surface area is 121 Å². The molecule has 5 heteroatoms. The lowest BCUT2D eigenvalue weighted by molar-refractivity contribution is 0.102. The number of anilines is 1. The molecule has 0 fully saturated rings. The summed E-state index contributed by atoms with van der Waals surface area (Å²) in [6, 6.07) is 8.23. The van der Waals surface area contributed by atoms with Crippen LogP contribution in [0.25, 0.3) is 0 Å². The Morgan fingerprint density at radius 3 is 2.90 bits per heavy atom. The molecule has 106 valence electrons. The van der Waals surface area contributed by atoms with Crippen LogP contribution in [0.5, 0.6) is 0 Å². The zero-order chi connectivity index (χ0) is 15.2. The van der Waals surface area contributed by atoms with Gasteiger partial charge >= 0.3 is 0 Å². The van der Waals surface area contributed by atoms with Crippen LogP contribution in [0.1, 0.15) is 21.6 Å². The van der Waals surface area contributed by atoms with E-state index in [1.165, 1.54) is 12.3 Å². The molecule has 0 aliphatic heterocycles. The van der Waals surface area contributed by atoms with Crippen molar-refractivity contribution in [2.75, 3.05) is 11.9 Å². The van der Waals surface area contributed by atoms with Gasteiger partial charge in [0.05, 0.1) is 0 Å². The summed E-state index contributed by atoms with van der Waals surface area (Å²) in [5.74, 6) is 4.79. The van der Waals surface area contributed by atoms with E-state index in [1.54, 1.807) is 31.2 Å². The molecule has 0 aliphatic rings. The van der Waals surface area contributed by atoms with Crippen LogP contribution in [0, 0.1) is 18.8 Å². The van der Waals surface area contributed by atoms with Crippen molar-refractivity contribution in [3.05, 3.63) is 63.6 Å². The number of carbonyl (C=O) groups is 1. The van der Waals surface area contributed by atoms with Crippen molar-refractivity contribution >= 4 is 11.6 Å². The lowest BCUT2D eigenvalue weighted by Gasteiger charge is -2.05. The maximum Gasteiger partial charge on any atom is 0.261 e. The Kier molecular flexibility index (Phi) is 4.54. The summed E-state index contributed by atoms with van der Waals surface area (Å²) >= 11 is 0. The average molecular weight is 282 g/mol. The fourth-order valence-corrected chi connectivity index (χ4v) is 1.77. The van der Waals surface area contributed by atoms with E-state index in [0.29, 0.717) is 16.9 Å².